The lowest BCUT2D eigenvalue weighted by atomic mass is 9.97. The van der Waals surface area contributed by atoms with Crippen molar-refractivity contribution in [3.05, 3.63) is 60.7 Å². The Labute approximate surface area is 288 Å². The van der Waals surface area contributed by atoms with Crippen LogP contribution in [0.4, 0.5) is 0 Å². The highest BCUT2D eigenvalue weighted by Crippen LogP contribution is 2.46. The van der Waals surface area contributed by atoms with Gasteiger partial charge in [-0.15, -0.1) is 13.2 Å². The van der Waals surface area contributed by atoms with Crippen molar-refractivity contribution in [2.75, 3.05) is 41.7 Å². The van der Waals surface area contributed by atoms with Gasteiger partial charge in [0.25, 0.3) is 0 Å². The number of unbranched alkanes of at least 4 members (excludes halogenated alkanes) is 14. The van der Waals surface area contributed by atoms with Crippen LogP contribution in [0.25, 0.3) is 11.1 Å². The second-order valence-electron chi connectivity index (χ2n) is 11.9. The summed E-state index contributed by atoms with van der Waals surface area (Å²) in [4.78, 5) is 26.4. The van der Waals surface area contributed by atoms with Crippen LogP contribution in [0, 0.1) is 0 Å². The molecule has 266 valence electrons. The van der Waals surface area contributed by atoms with E-state index >= 15 is 0 Å². The number of methoxy groups -OCH3 is 4. The van der Waals surface area contributed by atoms with Crippen LogP contribution in [0.3, 0.4) is 0 Å². The number of esters is 2. The van der Waals surface area contributed by atoms with Crippen molar-refractivity contribution in [1.29, 1.82) is 0 Å². The monoisotopic (exact) mass is 666 g/mol. The van der Waals surface area contributed by atoms with E-state index in [9.17, 15) is 9.59 Å². The maximum absolute atomic E-state index is 13.2. The van der Waals surface area contributed by atoms with Crippen LogP contribution in [0.5, 0.6) is 23.0 Å². The number of ether oxygens (including phenoxy) is 6. The fourth-order valence-electron chi connectivity index (χ4n) is 5.61. The highest BCUT2D eigenvalue weighted by atomic mass is 16.5. The van der Waals surface area contributed by atoms with Crippen LogP contribution >= 0.6 is 0 Å². The molecule has 0 saturated heterocycles. The van der Waals surface area contributed by atoms with Crippen molar-refractivity contribution in [3.63, 3.8) is 0 Å². The third-order valence-corrected chi connectivity index (χ3v) is 8.29. The summed E-state index contributed by atoms with van der Waals surface area (Å²) in [5.41, 5.74) is 1.55. The molecule has 0 aromatic heterocycles. The number of hydrogen-bond donors (Lipinski definition) is 0. The Kier molecular flexibility index (Phi) is 20.3. The summed E-state index contributed by atoms with van der Waals surface area (Å²) in [6, 6.07) is 6.52. The maximum atomic E-state index is 13.2. The zero-order valence-corrected chi connectivity index (χ0v) is 29.9. The minimum absolute atomic E-state index is 0.291. The van der Waals surface area contributed by atoms with E-state index in [1.54, 1.807) is 24.3 Å². The first-order valence-corrected chi connectivity index (χ1v) is 17.5. The summed E-state index contributed by atoms with van der Waals surface area (Å²) in [7, 11) is 6.04. The Hall–Kier alpha value is -3.94. The van der Waals surface area contributed by atoms with Crippen molar-refractivity contribution in [3.8, 4) is 34.1 Å². The molecule has 48 heavy (non-hydrogen) atoms. The summed E-state index contributed by atoms with van der Waals surface area (Å²) >= 11 is 0. The van der Waals surface area contributed by atoms with E-state index in [0.29, 0.717) is 58.5 Å². The molecule has 0 heterocycles. The van der Waals surface area contributed by atoms with Gasteiger partial charge in [0.15, 0.2) is 23.0 Å². The largest absolute Gasteiger partial charge is 0.493 e. The molecule has 0 aliphatic carbocycles. The number of hydrogen-bond acceptors (Lipinski definition) is 8. The molecule has 8 nitrogen and oxygen atoms in total. The third kappa shape index (κ3) is 13.7. The quantitative estimate of drug-likeness (QED) is 0.0529. The molecule has 0 amide bonds. The molecule has 0 N–H and O–H groups in total. The fourth-order valence-corrected chi connectivity index (χ4v) is 5.61. The van der Waals surface area contributed by atoms with Gasteiger partial charge < -0.3 is 28.4 Å². The Morgan fingerprint density at radius 3 is 1.15 bits per heavy atom. The molecule has 0 aliphatic heterocycles. The molecule has 0 atom stereocenters. The number of benzene rings is 2. The predicted molar refractivity (Wildman–Crippen MR) is 193 cm³/mol. The van der Waals surface area contributed by atoms with Crippen LogP contribution in [0.2, 0.25) is 0 Å². The van der Waals surface area contributed by atoms with Gasteiger partial charge in [-0.05, 0) is 62.8 Å². The number of carbonyl (C=O) groups excluding carboxylic acids is 2. The standard InChI is InChI=1S/C40H58O8/c1-7-9-11-13-15-17-19-21-23-25-47-39(41)31-27-33(37(45-5)35(29-31)43-3)34-28-32(30-36(44-4)38(34)46-6)40(42)48-26-24-22-20-18-16-14-12-10-8-2/h7-8,27-30H,1-2,9-26H2,3-6H3. The molecular weight excluding hydrogens is 608 g/mol. The van der Waals surface area contributed by atoms with Crippen molar-refractivity contribution in [2.24, 2.45) is 0 Å². The van der Waals surface area contributed by atoms with Gasteiger partial charge in [0, 0.05) is 11.1 Å². The Balaban J connectivity index is 2.14. The lowest BCUT2D eigenvalue weighted by Gasteiger charge is -2.19. The first kappa shape index (κ1) is 40.2. The maximum Gasteiger partial charge on any atom is 0.338 e. The first-order chi connectivity index (χ1) is 23.4. The van der Waals surface area contributed by atoms with Crippen molar-refractivity contribution in [1.82, 2.24) is 0 Å². The van der Waals surface area contributed by atoms with Crippen LogP contribution in [0.1, 0.15) is 123 Å². The summed E-state index contributed by atoms with van der Waals surface area (Å²) in [5.74, 6) is 0.482. The lowest BCUT2D eigenvalue weighted by Crippen LogP contribution is -2.09. The predicted octanol–water partition coefficient (Wildman–Crippen LogP) is 10.3. The van der Waals surface area contributed by atoms with E-state index in [0.717, 1.165) is 51.4 Å². The number of carbonyl (C=O) groups is 2. The molecule has 0 bridgehead atoms. The Morgan fingerprint density at radius 1 is 0.500 bits per heavy atom. The second-order valence-corrected chi connectivity index (χ2v) is 11.9. The summed E-state index contributed by atoms with van der Waals surface area (Å²) in [6.45, 7) is 8.19. The molecule has 0 saturated carbocycles. The molecule has 2 aromatic carbocycles. The average molecular weight is 667 g/mol. The van der Waals surface area contributed by atoms with Crippen molar-refractivity contribution in [2.45, 2.75) is 103 Å². The van der Waals surface area contributed by atoms with Crippen molar-refractivity contribution >= 4 is 11.9 Å². The van der Waals surface area contributed by atoms with E-state index in [-0.39, 0.29) is 0 Å². The molecule has 0 aliphatic rings. The van der Waals surface area contributed by atoms with Gasteiger partial charge in [-0.1, -0.05) is 76.4 Å². The third-order valence-electron chi connectivity index (χ3n) is 8.29. The van der Waals surface area contributed by atoms with Crippen LogP contribution in [-0.4, -0.2) is 53.6 Å². The SMILES string of the molecule is C=CCCCCCCCCCOC(=O)c1cc(OC)c(OC)c(-c2cc(C(=O)OCCCCCCCCCC=C)cc(OC)c2OC)c1. The fraction of sp³-hybridized carbons (Fsp3) is 0.550. The van der Waals surface area contributed by atoms with Crippen LogP contribution < -0.4 is 18.9 Å². The average Bonchev–Trinajstić information content (AvgIpc) is 3.11. The van der Waals surface area contributed by atoms with Gasteiger partial charge >= 0.3 is 11.9 Å². The summed E-state index contributed by atoms with van der Waals surface area (Å²) in [6.07, 6.45) is 21.5. The van der Waals surface area contributed by atoms with Gasteiger partial charge in [0.1, 0.15) is 0 Å². The van der Waals surface area contributed by atoms with Gasteiger partial charge in [0.2, 0.25) is 0 Å². The molecule has 2 rings (SSSR count). The second kappa shape index (κ2) is 24.2. The smallest absolute Gasteiger partial charge is 0.338 e. The number of rotatable bonds is 27. The molecule has 8 heteroatoms. The first-order valence-electron chi connectivity index (χ1n) is 17.5. The number of allylic oxidation sites excluding steroid dienone is 2. The van der Waals surface area contributed by atoms with E-state index in [2.05, 4.69) is 13.2 Å². The van der Waals surface area contributed by atoms with Crippen LogP contribution in [0.15, 0.2) is 49.6 Å². The Morgan fingerprint density at radius 2 is 0.833 bits per heavy atom. The molecular formula is C40H58O8. The summed E-state index contributed by atoms with van der Waals surface area (Å²) < 4.78 is 34.0. The minimum Gasteiger partial charge on any atom is -0.493 e. The van der Waals surface area contributed by atoms with Crippen LogP contribution in [-0.2, 0) is 9.47 Å². The molecule has 0 spiro atoms. The Bertz CT molecular complexity index is 1170. The summed E-state index contributed by atoms with van der Waals surface area (Å²) in [5, 5.41) is 0. The van der Waals surface area contributed by atoms with Gasteiger partial charge in [-0.2, -0.15) is 0 Å². The molecule has 2 aromatic rings. The normalized spacial score (nSPS) is 10.7. The van der Waals surface area contributed by atoms with E-state index in [1.807, 2.05) is 12.2 Å². The lowest BCUT2D eigenvalue weighted by molar-refractivity contribution is 0.0488. The van der Waals surface area contributed by atoms with E-state index < -0.39 is 11.9 Å². The van der Waals surface area contributed by atoms with Gasteiger partial charge in [0.05, 0.1) is 52.8 Å². The minimum atomic E-state index is -0.472. The highest BCUT2D eigenvalue weighted by Gasteiger charge is 2.25. The highest BCUT2D eigenvalue weighted by molar-refractivity contribution is 5.97. The van der Waals surface area contributed by atoms with E-state index in [4.69, 9.17) is 28.4 Å². The zero-order chi connectivity index (χ0) is 35.0. The van der Waals surface area contributed by atoms with E-state index in [1.165, 1.54) is 79.8 Å². The molecule has 0 radical (unpaired) electrons. The van der Waals surface area contributed by atoms with Gasteiger partial charge in [-0.3, -0.25) is 0 Å². The zero-order valence-electron chi connectivity index (χ0n) is 29.9. The molecule has 0 unspecified atom stereocenters. The molecule has 0 fully saturated rings. The van der Waals surface area contributed by atoms with Crippen molar-refractivity contribution < 1.29 is 38.0 Å². The van der Waals surface area contributed by atoms with Gasteiger partial charge in [-0.25, -0.2) is 9.59 Å². The topological polar surface area (TPSA) is 89.5 Å².